The first-order chi connectivity index (χ1) is 9.50. The Balaban J connectivity index is 2.06. The van der Waals surface area contributed by atoms with Gasteiger partial charge < -0.3 is 4.90 Å². The molecule has 3 rings (SSSR count). The van der Waals surface area contributed by atoms with Gasteiger partial charge in [0.25, 0.3) is 0 Å². The van der Waals surface area contributed by atoms with Crippen LogP contribution >= 0.6 is 0 Å². The molecular weight excluding hydrogens is 242 g/mol. The van der Waals surface area contributed by atoms with Gasteiger partial charge in [-0.1, -0.05) is 32.4 Å². The molecule has 20 heavy (non-hydrogen) atoms. The molecule has 1 aliphatic heterocycles. The summed E-state index contributed by atoms with van der Waals surface area (Å²) in [5.41, 5.74) is 5.54. The van der Waals surface area contributed by atoms with Crippen LogP contribution in [0.5, 0.6) is 0 Å². The highest BCUT2D eigenvalue weighted by molar-refractivity contribution is 5.43. The molecule has 1 aromatic carbocycles. The van der Waals surface area contributed by atoms with Crippen LogP contribution in [0.25, 0.3) is 0 Å². The zero-order chi connectivity index (χ0) is 14.3. The summed E-state index contributed by atoms with van der Waals surface area (Å²) in [6, 6.07) is 6.99. The average Bonchev–Trinajstić information content (AvgIpc) is 2.82. The summed E-state index contributed by atoms with van der Waals surface area (Å²) in [6.45, 7) is 10.1. The van der Waals surface area contributed by atoms with Gasteiger partial charge in [-0.2, -0.15) is 0 Å². The van der Waals surface area contributed by atoms with Crippen molar-refractivity contribution < 1.29 is 0 Å². The van der Waals surface area contributed by atoms with Crippen molar-refractivity contribution >= 4 is 0 Å². The summed E-state index contributed by atoms with van der Waals surface area (Å²) in [7, 11) is 0. The molecule has 1 atom stereocenters. The van der Waals surface area contributed by atoms with Crippen molar-refractivity contribution in [2.45, 2.75) is 45.6 Å². The Morgan fingerprint density at radius 2 is 2.20 bits per heavy atom. The fourth-order valence-corrected chi connectivity index (χ4v) is 3.79. The number of nitrogens with zero attached hydrogens (tertiary/aromatic N) is 1. The van der Waals surface area contributed by atoms with E-state index in [-0.39, 0.29) is 0 Å². The van der Waals surface area contributed by atoms with Crippen LogP contribution in [0.4, 0.5) is 0 Å². The molecule has 1 heteroatoms. The van der Waals surface area contributed by atoms with E-state index >= 15 is 0 Å². The number of likely N-dealkylation sites (tertiary alicyclic amines) is 1. The third-order valence-electron chi connectivity index (χ3n) is 4.73. The Labute approximate surface area is 122 Å². The topological polar surface area (TPSA) is 3.24 Å². The minimum absolute atomic E-state index is 0.345. The second-order valence-corrected chi connectivity index (χ2v) is 6.98. The Morgan fingerprint density at radius 3 is 2.85 bits per heavy atom. The number of rotatable bonds is 1. The van der Waals surface area contributed by atoms with Crippen LogP contribution in [-0.4, -0.2) is 11.4 Å². The molecule has 1 aliphatic carbocycles. The molecule has 1 fully saturated rings. The van der Waals surface area contributed by atoms with Gasteiger partial charge in [0.1, 0.15) is 0 Å². The van der Waals surface area contributed by atoms with Crippen molar-refractivity contribution in [3.8, 4) is 12.3 Å². The lowest BCUT2D eigenvalue weighted by Crippen LogP contribution is -2.34. The molecule has 0 N–H and O–H groups in total. The van der Waals surface area contributed by atoms with Crippen LogP contribution in [0.3, 0.4) is 0 Å². The van der Waals surface area contributed by atoms with Gasteiger partial charge >= 0.3 is 0 Å². The number of hydrogen-bond donors (Lipinski definition) is 0. The van der Waals surface area contributed by atoms with E-state index in [1.165, 1.54) is 29.7 Å². The molecule has 0 aromatic heterocycles. The molecule has 0 spiro atoms. The third kappa shape index (κ3) is 2.24. The molecule has 1 heterocycles. The molecular formula is C19H23N. The first kappa shape index (κ1) is 13.3. The second-order valence-electron chi connectivity index (χ2n) is 6.98. The molecule has 1 saturated heterocycles. The summed E-state index contributed by atoms with van der Waals surface area (Å²) in [6.07, 6.45) is 10.3. The molecule has 104 valence electrons. The van der Waals surface area contributed by atoms with Crippen LogP contribution in [-0.2, 0) is 6.42 Å². The zero-order valence-corrected chi connectivity index (χ0v) is 12.6. The maximum absolute atomic E-state index is 5.58. The number of allylic oxidation sites excluding steroid dienone is 1. The van der Waals surface area contributed by atoms with Gasteiger partial charge in [0.15, 0.2) is 0 Å². The predicted molar refractivity (Wildman–Crippen MR) is 84.3 cm³/mol. The van der Waals surface area contributed by atoms with Gasteiger partial charge in [-0.25, -0.2) is 0 Å². The molecule has 0 bridgehead atoms. The summed E-state index contributed by atoms with van der Waals surface area (Å²) >= 11 is 0. The zero-order valence-electron chi connectivity index (χ0n) is 12.6. The van der Waals surface area contributed by atoms with E-state index in [9.17, 15) is 0 Å². The molecule has 1 aromatic rings. The highest BCUT2D eigenvalue weighted by Gasteiger charge is 2.36. The average molecular weight is 265 g/mol. The number of fused-ring (bicyclic) bond motifs is 1. The van der Waals surface area contributed by atoms with E-state index < -0.39 is 0 Å². The predicted octanol–water partition coefficient (Wildman–Crippen LogP) is 4.29. The van der Waals surface area contributed by atoms with Gasteiger partial charge in [-0.3, -0.25) is 0 Å². The molecule has 1 nitrogen and oxygen atoms in total. The fraction of sp³-hybridized carbons (Fsp3) is 0.474. The van der Waals surface area contributed by atoms with Crippen LogP contribution in [0.1, 0.15) is 55.8 Å². The van der Waals surface area contributed by atoms with Gasteiger partial charge in [0.05, 0.1) is 6.04 Å². The van der Waals surface area contributed by atoms with E-state index in [2.05, 4.69) is 49.4 Å². The quantitative estimate of drug-likeness (QED) is 0.685. The van der Waals surface area contributed by atoms with Gasteiger partial charge in [-0.15, -0.1) is 6.42 Å². The van der Waals surface area contributed by atoms with E-state index in [1.54, 1.807) is 0 Å². The number of terminal acetylenes is 1. The van der Waals surface area contributed by atoms with Crippen molar-refractivity contribution in [1.29, 1.82) is 0 Å². The third-order valence-corrected chi connectivity index (χ3v) is 4.73. The maximum atomic E-state index is 5.58. The molecule has 0 radical (unpaired) electrons. The lowest BCUT2D eigenvalue weighted by Gasteiger charge is -2.42. The Morgan fingerprint density at radius 1 is 1.40 bits per heavy atom. The molecule has 2 aliphatic rings. The highest BCUT2D eigenvalue weighted by atomic mass is 15.2. The van der Waals surface area contributed by atoms with E-state index in [0.717, 1.165) is 24.9 Å². The summed E-state index contributed by atoms with van der Waals surface area (Å²) in [5, 5.41) is 0. The lowest BCUT2D eigenvalue weighted by molar-refractivity contribution is 0.175. The van der Waals surface area contributed by atoms with E-state index in [1.807, 2.05) is 0 Å². The normalized spacial score (nSPS) is 24.4. The highest BCUT2D eigenvalue weighted by Crippen LogP contribution is 2.46. The number of hydrogen-bond acceptors (Lipinski definition) is 1. The van der Waals surface area contributed by atoms with Gasteiger partial charge in [0.2, 0.25) is 0 Å². The SMILES string of the molecule is C#Cc1ccc2c(c1)C(N1CCCC1=C)CC(C)(C)C2. The first-order valence-corrected chi connectivity index (χ1v) is 7.54. The van der Waals surface area contributed by atoms with Crippen LogP contribution < -0.4 is 0 Å². The Hall–Kier alpha value is -1.68. The van der Waals surface area contributed by atoms with Gasteiger partial charge in [-0.05, 0) is 54.4 Å². The van der Waals surface area contributed by atoms with Crippen LogP contribution in [0, 0.1) is 17.8 Å². The van der Waals surface area contributed by atoms with E-state index in [0.29, 0.717) is 11.5 Å². The Bertz CT molecular complexity index is 588. The van der Waals surface area contributed by atoms with Crippen LogP contribution in [0.2, 0.25) is 0 Å². The second kappa shape index (κ2) is 4.70. The van der Waals surface area contributed by atoms with Crippen molar-refractivity contribution in [3.63, 3.8) is 0 Å². The molecule has 0 amide bonds. The molecule has 1 unspecified atom stereocenters. The van der Waals surface area contributed by atoms with E-state index in [4.69, 9.17) is 6.42 Å². The Kier molecular flexibility index (Phi) is 3.13. The largest absolute Gasteiger partial charge is 0.368 e. The monoisotopic (exact) mass is 265 g/mol. The fourth-order valence-electron chi connectivity index (χ4n) is 3.79. The minimum Gasteiger partial charge on any atom is -0.368 e. The number of benzene rings is 1. The van der Waals surface area contributed by atoms with Crippen molar-refractivity contribution in [2.24, 2.45) is 5.41 Å². The van der Waals surface area contributed by atoms with Crippen molar-refractivity contribution in [3.05, 3.63) is 47.2 Å². The summed E-state index contributed by atoms with van der Waals surface area (Å²) in [5.74, 6) is 2.78. The molecule has 0 saturated carbocycles. The lowest BCUT2D eigenvalue weighted by atomic mass is 9.71. The van der Waals surface area contributed by atoms with Crippen molar-refractivity contribution in [2.75, 3.05) is 6.54 Å². The smallest absolute Gasteiger partial charge is 0.0547 e. The van der Waals surface area contributed by atoms with Crippen LogP contribution in [0.15, 0.2) is 30.5 Å². The standard InChI is InChI=1S/C19H23N/c1-5-15-8-9-16-12-19(3,4)13-18(17(16)11-15)20-10-6-7-14(20)2/h1,8-9,11,18H,2,6-7,10,12-13H2,3-4H3. The maximum Gasteiger partial charge on any atom is 0.0547 e. The van der Waals surface area contributed by atoms with Gasteiger partial charge in [0, 0.05) is 17.8 Å². The first-order valence-electron chi connectivity index (χ1n) is 7.54. The van der Waals surface area contributed by atoms with Crippen molar-refractivity contribution in [1.82, 2.24) is 4.90 Å². The summed E-state index contributed by atoms with van der Waals surface area (Å²) in [4.78, 5) is 2.51. The minimum atomic E-state index is 0.345. The summed E-state index contributed by atoms with van der Waals surface area (Å²) < 4.78 is 0.